The van der Waals surface area contributed by atoms with Gasteiger partial charge in [0.15, 0.2) is 5.65 Å². The molecule has 1 fully saturated rings. The van der Waals surface area contributed by atoms with Crippen LogP contribution in [-0.2, 0) is 0 Å². The summed E-state index contributed by atoms with van der Waals surface area (Å²) in [6, 6.07) is 4.97. The molecule has 0 unspecified atom stereocenters. The third-order valence-electron chi connectivity index (χ3n) is 6.07. The Balaban J connectivity index is 1.56. The first-order chi connectivity index (χ1) is 18.2. The van der Waals surface area contributed by atoms with E-state index in [1.165, 1.54) is 46.0 Å². The molecule has 4 heterocycles. The number of anilines is 1. The van der Waals surface area contributed by atoms with Gasteiger partial charge >= 0.3 is 12.7 Å². The van der Waals surface area contributed by atoms with Crippen molar-refractivity contribution in [1.29, 1.82) is 0 Å². The summed E-state index contributed by atoms with van der Waals surface area (Å²) in [5.41, 5.74) is 0.671. The maximum atomic E-state index is 13.2. The highest BCUT2D eigenvalue weighted by atomic mass is 35.5. The SMILES string of the molecule is O=C(Nc1cn([C@H]2CCN(C(=O)O)C[C@@H]2O)nc1-c1cc(Cl)ccc1OC(F)F)c1cnn2cccnc12. The highest BCUT2D eigenvalue weighted by Crippen LogP contribution is 2.38. The van der Waals surface area contributed by atoms with Crippen molar-refractivity contribution < 1.29 is 33.3 Å². The van der Waals surface area contributed by atoms with E-state index >= 15 is 0 Å². The lowest BCUT2D eigenvalue weighted by Crippen LogP contribution is -2.46. The largest absolute Gasteiger partial charge is 0.465 e. The van der Waals surface area contributed by atoms with Crippen LogP contribution < -0.4 is 10.1 Å². The molecule has 15 heteroatoms. The molecule has 3 aromatic heterocycles. The number of amides is 2. The number of hydrogen-bond acceptors (Lipinski definition) is 7. The van der Waals surface area contributed by atoms with Crippen molar-refractivity contribution >= 4 is 34.9 Å². The predicted molar refractivity (Wildman–Crippen MR) is 130 cm³/mol. The average Bonchev–Trinajstić information content (AvgIpc) is 3.49. The summed E-state index contributed by atoms with van der Waals surface area (Å²) in [6.07, 6.45) is 3.83. The Hall–Kier alpha value is -4.30. The lowest BCUT2D eigenvalue weighted by molar-refractivity contribution is -0.0494. The molecule has 3 N–H and O–H groups in total. The number of fused-ring (bicyclic) bond motifs is 1. The minimum Gasteiger partial charge on any atom is -0.465 e. The monoisotopic (exact) mass is 547 g/mol. The molecule has 0 aliphatic carbocycles. The molecular weight excluding hydrogens is 528 g/mol. The fourth-order valence-corrected chi connectivity index (χ4v) is 4.49. The van der Waals surface area contributed by atoms with Crippen LogP contribution in [0.15, 0.2) is 49.1 Å². The van der Waals surface area contributed by atoms with E-state index < -0.39 is 30.8 Å². The molecule has 5 rings (SSSR count). The highest BCUT2D eigenvalue weighted by Gasteiger charge is 2.33. The summed E-state index contributed by atoms with van der Waals surface area (Å²) >= 11 is 6.15. The maximum absolute atomic E-state index is 13.2. The molecule has 38 heavy (non-hydrogen) atoms. The Morgan fingerprint density at radius 1 is 1.29 bits per heavy atom. The number of likely N-dealkylation sites (tertiary alicyclic amines) is 1. The van der Waals surface area contributed by atoms with E-state index in [2.05, 4.69) is 25.2 Å². The second-order valence-electron chi connectivity index (χ2n) is 8.44. The summed E-state index contributed by atoms with van der Waals surface area (Å²) in [6.45, 7) is -3.15. The number of aromatic nitrogens is 5. The Morgan fingerprint density at radius 2 is 2.11 bits per heavy atom. The number of benzene rings is 1. The van der Waals surface area contributed by atoms with Crippen LogP contribution in [0.3, 0.4) is 0 Å². The Labute approximate surface area is 218 Å². The van der Waals surface area contributed by atoms with Gasteiger partial charge in [0.05, 0.1) is 30.6 Å². The van der Waals surface area contributed by atoms with Crippen LogP contribution in [0.1, 0.15) is 22.8 Å². The van der Waals surface area contributed by atoms with Gasteiger partial charge in [-0.3, -0.25) is 9.48 Å². The summed E-state index contributed by atoms with van der Waals surface area (Å²) in [5.74, 6) is -0.830. The summed E-state index contributed by atoms with van der Waals surface area (Å²) < 4.78 is 33.8. The molecule has 1 aromatic carbocycles. The van der Waals surface area contributed by atoms with Gasteiger partial charge in [-0.1, -0.05) is 11.6 Å². The number of rotatable bonds is 6. The predicted octanol–water partition coefficient (Wildman–Crippen LogP) is 3.39. The molecule has 1 aliphatic heterocycles. The third-order valence-corrected chi connectivity index (χ3v) is 6.31. The topological polar surface area (TPSA) is 147 Å². The van der Waals surface area contributed by atoms with Crippen LogP contribution in [0, 0.1) is 0 Å². The lowest BCUT2D eigenvalue weighted by atomic mass is 10.0. The molecule has 4 aromatic rings. The van der Waals surface area contributed by atoms with Crippen molar-refractivity contribution in [2.45, 2.75) is 25.2 Å². The van der Waals surface area contributed by atoms with Gasteiger partial charge in [-0.25, -0.2) is 14.3 Å². The maximum Gasteiger partial charge on any atom is 0.407 e. The number of nitrogens with zero attached hydrogens (tertiary/aromatic N) is 6. The third kappa shape index (κ3) is 4.95. The van der Waals surface area contributed by atoms with Crippen molar-refractivity contribution in [2.75, 3.05) is 18.4 Å². The zero-order valence-electron chi connectivity index (χ0n) is 19.4. The second-order valence-corrected chi connectivity index (χ2v) is 8.88. The molecule has 1 aliphatic rings. The minimum atomic E-state index is -3.14. The number of aliphatic hydroxyl groups excluding tert-OH is 1. The van der Waals surface area contributed by atoms with E-state index in [0.29, 0.717) is 5.65 Å². The first kappa shape index (κ1) is 25.4. The van der Waals surface area contributed by atoms with Gasteiger partial charge in [0.25, 0.3) is 5.91 Å². The van der Waals surface area contributed by atoms with Gasteiger partial charge in [-0.15, -0.1) is 0 Å². The Kier molecular flexibility index (Phi) is 6.82. The number of hydrogen-bond donors (Lipinski definition) is 3. The number of halogens is 3. The standard InChI is InChI=1S/C23H20ClF2N7O5/c24-12-2-3-18(38-22(25)26)13(8-12)19-15(29-21(35)14-9-28-32-6-1-5-27-20(14)32)10-33(30-19)16-4-7-31(23(36)37)11-17(16)34/h1-3,5-6,8-10,16-17,22,34H,4,7,11H2,(H,29,35)(H,36,37)/t16-,17-/m0/s1. The number of β-amino-alcohol motifs (C(OH)–C–C–N with tert-alkyl or cyclic N) is 1. The quantitative estimate of drug-likeness (QED) is 0.333. The first-order valence-electron chi connectivity index (χ1n) is 11.3. The zero-order chi connectivity index (χ0) is 27.0. The van der Waals surface area contributed by atoms with E-state index in [1.807, 2.05) is 0 Å². The summed E-state index contributed by atoms with van der Waals surface area (Å²) in [5, 5.41) is 31.4. The zero-order valence-corrected chi connectivity index (χ0v) is 20.2. The number of nitrogens with one attached hydrogen (secondary N) is 1. The van der Waals surface area contributed by atoms with Gasteiger partial charge in [0.1, 0.15) is 17.0 Å². The number of carbonyl (C=O) groups is 2. The van der Waals surface area contributed by atoms with E-state index in [4.69, 9.17) is 11.6 Å². The number of piperidine rings is 1. The lowest BCUT2D eigenvalue weighted by Gasteiger charge is -2.34. The molecule has 0 radical (unpaired) electrons. The van der Waals surface area contributed by atoms with Crippen molar-refractivity contribution in [3.8, 4) is 17.0 Å². The molecule has 2 amide bonds. The Bertz CT molecular complexity index is 1510. The smallest absolute Gasteiger partial charge is 0.407 e. The number of aliphatic hydroxyl groups is 1. The van der Waals surface area contributed by atoms with Gasteiger partial charge in [0, 0.05) is 35.7 Å². The van der Waals surface area contributed by atoms with E-state index in [-0.39, 0.29) is 52.8 Å². The van der Waals surface area contributed by atoms with Crippen LogP contribution in [0.4, 0.5) is 19.3 Å². The highest BCUT2D eigenvalue weighted by molar-refractivity contribution is 6.31. The van der Waals surface area contributed by atoms with E-state index in [1.54, 1.807) is 12.3 Å². The van der Waals surface area contributed by atoms with Crippen LogP contribution in [-0.4, -0.2) is 77.3 Å². The molecular formula is C23H20ClF2N7O5. The number of alkyl halides is 2. The molecule has 2 atom stereocenters. The summed E-state index contributed by atoms with van der Waals surface area (Å²) in [4.78, 5) is 29.8. The van der Waals surface area contributed by atoms with Crippen LogP contribution in [0.25, 0.3) is 16.9 Å². The molecule has 1 saturated heterocycles. The molecule has 12 nitrogen and oxygen atoms in total. The number of carbonyl (C=O) groups excluding carboxylic acids is 1. The van der Waals surface area contributed by atoms with Crippen molar-refractivity contribution in [3.05, 3.63) is 59.6 Å². The number of ether oxygens (including phenoxy) is 1. The number of carboxylic acid groups (broad SMARTS) is 1. The Morgan fingerprint density at radius 3 is 2.84 bits per heavy atom. The van der Waals surface area contributed by atoms with E-state index in [9.17, 15) is 28.6 Å². The second kappa shape index (κ2) is 10.2. The molecule has 0 bridgehead atoms. The van der Waals surface area contributed by atoms with Crippen molar-refractivity contribution in [2.24, 2.45) is 0 Å². The average molecular weight is 548 g/mol. The molecule has 198 valence electrons. The van der Waals surface area contributed by atoms with Crippen LogP contribution >= 0.6 is 11.6 Å². The van der Waals surface area contributed by atoms with Gasteiger partial charge in [-0.2, -0.15) is 19.0 Å². The normalized spacial score (nSPS) is 17.7. The summed E-state index contributed by atoms with van der Waals surface area (Å²) in [7, 11) is 0. The minimum absolute atomic E-state index is 0.0498. The van der Waals surface area contributed by atoms with E-state index in [0.717, 1.165) is 4.90 Å². The fraction of sp³-hybridized carbons (Fsp3) is 0.261. The van der Waals surface area contributed by atoms with Gasteiger partial charge in [0.2, 0.25) is 0 Å². The van der Waals surface area contributed by atoms with Gasteiger partial charge < -0.3 is 25.2 Å². The molecule has 0 saturated carbocycles. The molecule has 0 spiro atoms. The van der Waals surface area contributed by atoms with Crippen molar-refractivity contribution in [1.82, 2.24) is 29.3 Å². The van der Waals surface area contributed by atoms with Crippen LogP contribution in [0.5, 0.6) is 5.75 Å². The van der Waals surface area contributed by atoms with Crippen LogP contribution in [0.2, 0.25) is 5.02 Å². The first-order valence-corrected chi connectivity index (χ1v) is 11.7. The fourth-order valence-electron chi connectivity index (χ4n) is 4.32. The van der Waals surface area contributed by atoms with Gasteiger partial charge in [-0.05, 0) is 30.7 Å². The van der Waals surface area contributed by atoms with Crippen molar-refractivity contribution in [3.63, 3.8) is 0 Å².